The molecule has 0 bridgehead atoms. The summed E-state index contributed by atoms with van der Waals surface area (Å²) in [5, 5.41) is 0. The fourth-order valence-corrected chi connectivity index (χ4v) is 3.69. The van der Waals surface area contributed by atoms with E-state index < -0.39 is 0 Å². The van der Waals surface area contributed by atoms with E-state index in [2.05, 4.69) is 30.3 Å². The number of amides is 3. The largest absolute Gasteiger partial charge is 0.339 e. The molecule has 3 rings (SSSR count). The molecular weight excluding hydrogens is 302 g/mol. The summed E-state index contributed by atoms with van der Waals surface area (Å²) in [6.07, 6.45) is 3.27. The quantitative estimate of drug-likeness (QED) is 0.835. The van der Waals surface area contributed by atoms with Gasteiger partial charge < -0.3 is 14.7 Å². The van der Waals surface area contributed by atoms with Crippen LogP contribution in [-0.4, -0.2) is 65.9 Å². The molecule has 0 saturated carbocycles. The van der Waals surface area contributed by atoms with Crippen molar-refractivity contribution in [3.8, 4) is 0 Å². The fourth-order valence-electron chi connectivity index (χ4n) is 3.69. The molecule has 24 heavy (non-hydrogen) atoms. The lowest BCUT2D eigenvalue weighted by Crippen LogP contribution is -2.54. The van der Waals surface area contributed by atoms with Crippen molar-refractivity contribution < 1.29 is 9.59 Å². The van der Waals surface area contributed by atoms with Crippen molar-refractivity contribution in [1.29, 1.82) is 0 Å². The Kier molecular flexibility index (Phi) is 5.38. The average Bonchev–Trinajstić information content (AvgIpc) is 2.63. The van der Waals surface area contributed by atoms with Gasteiger partial charge in [-0.2, -0.15) is 0 Å². The molecule has 0 unspecified atom stereocenters. The van der Waals surface area contributed by atoms with Gasteiger partial charge in [-0.3, -0.25) is 4.79 Å². The van der Waals surface area contributed by atoms with Crippen LogP contribution in [0.25, 0.3) is 0 Å². The molecule has 0 aliphatic carbocycles. The molecule has 2 saturated heterocycles. The Morgan fingerprint density at radius 3 is 2.00 bits per heavy atom. The van der Waals surface area contributed by atoms with Gasteiger partial charge in [-0.05, 0) is 30.7 Å². The molecule has 2 aliphatic heterocycles. The third-order valence-corrected chi connectivity index (χ3v) is 5.25. The maximum absolute atomic E-state index is 12.6. The third-order valence-electron chi connectivity index (χ3n) is 5.25. The molecule has 1 aromatic carbocycles. The molecule has 5 heteroatoms. The summed E-state index contributed by atoms with van der Waals surface area (Å²) in [4.78, 5) is 29.7. The van der Waals surface area contributed by atoms with Crippen LogP contribution in [-0.2, 0) is 11.2 Å². The Hall–Kier alpha value is -2.04. The van der Waals surface area contributed by atoms with E-state index in [1.807, 2.05) is 14.7 Å². The van der Waals surface area contributed by atoms with Crippen LogP contribution < -0.4 is 0 Å². The number of carbonyl (C=O) groups excluding carboxylic acids is 2. The predicted octanol–water partition coefficient (Wildman–Crippen LogP) is 2.23. The topological polar surface area (TPSA) is 43.9 Å². The van der Waals surface area contributed by atoms with Gasteiger partial charge in [0.2, 0.25) is 5.91 Å². The minimum Gasteiger partial charge on any atom is -0.339 e. The molecule has 130 valence electrons. The maximum Gasteiger partial charge on any atom is 0.320 e. The van der Waals surface area contributed by atoms with Crippen LogP contribution in [0.4, 0.5) is 4.79 Å². The second kappa shape index (κ2) is 7.69. The van der Waals surface area contributed by atoms with E-state index in [1.165, 1.54) is 5.56 Å². The zero-order chi connectivity index (χ0) is 16.9. The number of carbonyl (C=O) groups is 2. The maximum atomic E-state index is 12.6. The minimum absolute atomic E-state index is 0.101. The summed E-state index contributed by atoms with van der Waals surface area (Å²) in [7, 11) is 0. The number of nitrogens with zero attached hydrogens (tertiary/aromatic N) is 3. The van der Waals surface area contributed by atoms with Crippen LogP contribution in [0.1, 0.15) is 25.3 Å². The first-order valence-electron chi connectivity index (χ1n) is 8.97. The van der Waals surface area contributed by atoms with Crippen molar-refractivity contribution in [2.24, 2.45) is 5.92 Å². The van der Waals surface area contributed by atoms with E-state index in [9.17, 15) is 9.59 Å². The highest BCUT2D eigenvalue weighted by Gasteiger charge is 2.29. The van der Waals surface area contributed by atoms with Gasteiger partial charge in [-0.25, -0.2) is 4.79 Å². The molecule has 0 N–H and O–H groups in total. The first-order chi connectivity index (χ1) is 11.6. The van der Waals surface area contributed by atoms with Crippen LogP contribution in [0.5, 0.6) is 0 Å². The highest BCUT2D eigenvalue weighted by Crippen LogP contribution is 2.22. The van der Waals surface area contributed by atoms with Gasteiger partial charge in [-0.1, -0.05) is 30.3 Å². The van der Waals surface area contributed by atoms with Gasteiger partial charge in [0.15, 0.2) is 0 Å². The molecule has 5 nitrogen and oxygen atoms in total. The molecule has 0 aromatic heterocycles. The van der Waals surface area contributed by atoms with E-state index in [1.54, 1.807) is 6.92 Å². The molecule has 2 fully saturated rings. The van der Waals surface area contributed by atoms with Crippen LogP contribution in [0, 0.1) is 5.92 Å². The Labute approximate surface area is 144 Å². The van der Waals surface area contributed by atoms with Crippen molar-refractivity contribution >= 4 is 11.9 Å². The van der Waals surface area contributed by atoms with Crippen molar-refractivity contribution in [3.63, 3.8) is 0 Å². The Bertz CT molecular complexity index is 559. The summed E-state index contributed by atoms with van der Waals surface area (Å²) in [6.45, 7) is 5.92. The Morgan fingerprint density at radius 2 is 1.42 bits per heavy atom. The highest BCUT2D eigenvalue weighted by molar-refractivity contribution is 5.76. The zero-order valence-corrected chi connectivity index (χ0v) is 14.5. The van der Waals surface area contributed by atoms with Gasteiger partial charge in [0.1, 0.15) is 0 Å². The first kappa shape index (κ1) is 16.8. The number of hydrogen-bond donors (Lipinski definition) is 0. The molecular formula is C19H27N3O2. The van der Waals surface area contributed by atoms with Gasteiger partial charge in [0.25, 0.3) is 0 Å². The Morgan fingerprint density at radius 1 is 0.875 bits per heavy atom. The molecule has 2 aliphatic rings. The van der Waals surface area contributed by atoms with E-state index >= 15 is 0 Å². The zero-order valence-electron chi connectivity index (χ0n) is 14.5. The fraction of sp³-hybridized carbons (Fsp3) is 0.579. The average molecular weight is 329 g/mol. The van der Waals surface area contributed by atoms with E-state index in [4.69, 9.17) is 0 Å². The van der Waals surface area contributed by atoms with Crippen LogP contribution in [0.3, 0.4) is 0 Å². The smallest absolute Gasteiger partial charge is 0.320 e. The van der Waals surface area contributed by atoms with Crippen molar-refractivity contribution in [2.75, 3.05) is 39.3 Å². The van der Waals surface area contributed by atoms with Crippen molar-refractivity contribution in [2.45, 2.75) is 26.2 Å². The molecule has 0 spiro atoms. The predicted molar refractivity (Wildman–Crippen MR) is 93.7 cm³/mol. The van der Waals surface area contributed by atoms with E-state index in [0.717, 1.165) is 32.4 Å². The number of hydrogen-bond acceptors (Lipinski definition) is 2. The number of piperidine rings is 1. The molecule has 1 aromatic rings. The summed E-state index contributed by atoms with van der Waals surface area (Å²) < 4.78 is 0. The molecule has 3 amide bonds. The van der Waals surface area contributed by atoms with Crippen LogP contribution in [0.15, 0.2) is 30.3 Å². The molecule has 0 radical (unpaired) electrons. The Balaban J connectivity index is 1.45. The van der Waals surface area contributed by atoms with E-state index in [0.29, 0.717) is 32.1 Å². The normalized spacial score (nSPS) is 19.5. The lowest BCUT2D eigenvalue weighted by atomic mass is 9.90. The van der Waals surface area contributed by atoms with Gasteiger partial charge in [-0.15, -0.1) is 0 Å². The lowest BCUT2D eigenvalue weighted by Gasteiger charge is -2.39. The monoisotopic (exact) mass is 329 g/mol. The van der Waals surface area contributed by atoms with Gasteiger partial charge >= 0.3 is 6.03 Å². The SMILES string of the molecule is CC(=O)N1CCN(C(=O)N2CCC(Cc3ccccc3)CC2)CC1. The molecule has 2 heterocycles. The van der Waals surface area contributed by atoms with Crippen LogP contribution >= 0.6 is 0 Å². The second-order valence-electron chi connectivity index (χ2n) is 6.90. The highest BCUT2D eigenvalue weighted by atomic mass is 16.2. The minimum atomic E-state index is 0.101. The standard InChI is InChI=1S/C19H27N3O2/c1-16(23)20-11-13-22(14-12-20)19(24)21-9-7-18(8-10-21)15-17-5-3-2-4-6-17/h2-6,18H,7-15H2,1H3. The third kappa shape index (κ3) is 4.08. The van der Waals surface area contributed by atoms with Crippen LogP contribution in [0.2, 0.25) is 0 Å². The lowest BCUT2D eigenvalue weighted by molar-refractivity contribution is -0.130. The number of likely N-dealkylation sites (tertiary alicyclic amines) is 1. The number of piperazine rings is 1. The van der Waals surface area contributed by atoms with Crippen molar-refractivity contribution in [3.05, 3.63) is 35.9 Å². The van der Waals surface area contributed by atoms with Crippen molar-refractivity contribution in [1.82, 2.24) is 14.7 Å². The van der Waals surface area contributed by atoms with Gasteiger partial charge in [0.05, 0.1) is 0 Å². The summed E-state index contributed by atoms with van der Waals surface area (Å²) in [6, 6.07) is 10.8. The number of rotatable bonds is 2. The number of urea groups is 1. The molecule has 0 atom stereocenters. The number of benzene rings is 1. The van der Waals surface area contributed by atoms with E-state index in [-0.39, 0.29) is 11.9 Å². The summed E-state index contributed by atoms with van der Waals surface area (Å²) in [5.41, 5.74) is 1.39. The first-order valence-corrected chi connectivity index (χ1v) is 8.97. The second-order valence-corrected chi connectivity index (χ2v) is 6.90. The summed E-state index contributed by atoms with van der Waals surface area (Å²) in [5.74, 6) is 0.773. The van der Waals surface area contributed by atoms with Gasteiger partial charge in [0, 0.05) is 46.2 Å². The summed E-state index contributed by atoms with van der Waals surface area (Å²) >= 11 is 0.